The van der Waals surface area contributed by atoms with Gasteiger partial charge in [-0.3, -0.25) is 0 Å². The molecule has 1 radical (unpaired) electrons. The van der Waals surface area contributed by atoms with Crippen LogP contribution >= 0.6 is 0 Å². The summed E-state index contributed by atoms with van der Waals surface area (Å²) in [4.78, 5) is 0. The highest BCUT2D eigenvalue weighted by Crippen LogP contribution is 2.53. The number of alkyl halides is 7. The van der Waals surface area contributed by atoms with Crippen molar-refractivity contribution in [3.05, 3.63) is 35.4 Å². The van der Waals surface area contributed by atoms with Crippen LogP contribution in [0.2, 0.25) is 0 Å². The minimum atomic E-state index is -6.08. The fraction of sp³-hybridized carbons (Fsp3) is 0.538. The first-order valence-electron chi connectivity index (χ1n) is 5.79. The molecule has 0 fully saturated rings. The average molecular weight is 301 g/mol. The number of halogens is 7. The molecule has 0 bridgehead atoms. The van der Waals surface area contributed by atoms with Crippen LogP contribution in [0.3, 0.4) is 0 Å². The minimum Gasteiger partial charge on any atom is -0.218 e. The molecule has 0 saturated carbocycles. The second kappa shape index (κ2) is 5.26. The minimum absolute atomic E-state index is 0.112. The summed E-state index contributed by atoms with van der Waals surface area (Å²) >= 11 is 0. The molecule has 1 aromatic carbocycles. The van der Waals surface area contributed by atoms with E-state index in [2.05, 4.69) is 6.07 Å². The maximum Gasteiger partial charge on any atom is 0.435 e. The predicted molar refractivity (Wildman–Crippen MR) is 58.9 cm³/mol. The summed E-state index contributed by atoms with van der Waals surface area (Å²) in [6, 6.07) is 4.44. The van der Waals surface area contributed by atoms with Gasteiger partial charge < -0.3 is 0 Å². The fourth-order valence-corrected chi connectivity index (χ4v) is 1.69. The van der Waals surface area contributed by atoms with E-state index < -0.39 is 23.6 Å². The lowest BCUT2D eigenvalue weighted by Crippen LogP contribution is -2.50. The number of hydrogen-bond acceptors (Lipinski definition) is 0. The molecule has 0 aromatic heterocycles. The van der Waals surface area contributed by atoms with Crippen molar-refractivity contribution >= 4 is 0 Å². The molecule has 0 nitrogen and oxygen atoms in total. The van der Waals surface area contributed by atoms with Crippen molar-refractivity contribution in [2.75, 3.05) is 0 Å². The lowest BCUT2D eigenvalue weighted by atomic mass is 9.89. The summed E-state index contributed by atoms with van der Waals surface area (Å²) in [6.07, 6.45) is -11.7. The Morgan fingerprint density at radius 3 is 1.95 bits per heavy atom. The Morgan fingerprint density at radius 1 is 1.05 bits per heavy atom. The Hall–Kier alpha value is -1.27. The van der Waals surface area contributed by atoms with Crippen LogP contribution in [0.25, 0.3) is 0 Å². The zero-order valence-electron chi connectivity index (χ0n) is 10.7. The molecule has 1 atom stereocenters. The van der Waals surface area contributed by atoms with E-state index in [1.165, 1.54) is 0 Å². The van der Waals surface area contributed by atoms with Gasteiger partial charge in [0.05, 0.1) is 0 Å². The van der Waals surface area contributed by atoms with Gasteiger partial charge in [0.25, 0.3) is 0 Å². The van der Waals surface area contributed by atoms with E-state index in [0.29, 0.717) is 18.6 Å². The van der Waals surface area contributed by atoms with Crippen molar-refractivity contribution in [3.8, 4) is 0 Å². The van der Waals surface area contributed by atoms with E-state index in [4.69, 9.17) is 0 Å². The first kappa shape index (κ1) is 16.8. The van der Waals surface area contributed by atoms with Crippen LogP contribution in [0.1, 0.15) is 37.3 Å². The Bertz CT molecular complexity index is 445. The normalized spacial score (nSPS) is 15.2. The van der Waals surface area contributed by atoms with Crippen LogP contribution in [-0.4, -0.2) is 12.4 Å². The summed E-state index contributed by atoms with van der Waals surface area (Å²) in [5, 5.41) is 0. The van der Waals surface area contributed by atoms with Gasteiger partial charge in [-0.1, -0.05) is 32.0 Å². The third-order valence-corrected chi connectivity index (χ3v) is 3.15. The van der Waals surface area contributed by atoms with Gasteiger partial charge in [0.1, 0.15) is 0 Å². The smallest absolute Gasteiger partial charge is 0.218 e. The molecule has 20 heavy (non-hydrogen) atoms. The first-order valence-corrected chi connectivity index (χ1v) is 5.79. The molecule has 1 aromatic rings. The molecule has 113 valence electrons. The number of benzene rings is 1. The SMILES string of the molecule is CCC(C)c1[c]ccc(C(F)(C(F)(F)F)C(F)(F)F)c1. The van der Waals surface area contributed by atoms with Gasteiger partial charge in [0, 0.05) is 5.56 Å². The Balaban J connectivity index is 3.45. The molecule has 0 saturated heterocycles. The molecule has 0 amide bonds. The molecular weight excluding hydrogens is 289 g/mol. The third kappa shape index (κ3) is 2.76. The second-order valence-corrected chi connectivity index (χ2v) is 4.50. The lowest BCUT2D eigenvalue weighted by molar-refractivity contribution is -0.348. The summed E-state index contributed by atoms with van der Waals surface area (Å²) in [5.74, 6) is -0.319. The van der Waals surface area contributed by atoms with Crippen molar-refractivity contribution in [2.24, 2.45) is 0 Å². The van der Waals surface area contributed by atoms with E-state index in [1.807, 2.05) is 0 Å². The molecule has 7 heteroatoms. The largest absolute Gasteiger partial charge is 0.435 e. The molecule has 1 unspecified atom stereocenters. The fourth-order valence-electron chi connectivity index (χ4n) is 1.69. The summed E-state index contributed by atoms with van der Waals surface area (Å²) in [7, 11) is 0. The van der Waals surface area contributed by atoms with Gasteiger partial charge in [-0.25, -0.2) is 4.39 Å². The zero-order chi connectivity index (χ0) is 15.8. The highest BCUT2D eigenvalue weighted by Gasteiger charge is 2.73. The summed E-state index contributed by atoms with van der Waals surface area (Å²) in [6.45, 7) is 3.32. The van der Waals surface area contributed by atoms with E-state index in [0.717, 1.165) is 6.07 Å². The zero-order valence-corrected chi connectivity index (χ0v) is 10.7. The average Bonchev–Trinajstić information content (AvgIpc) is 2.34. The van der Waals surface area contributed by atoms with Gasteiger partial charge in [0.2, 0.25) is 0 Å². The van der Waals surface area contributed by atoms with E-state index in [1.54, 1.807) is 13.8 Å². The van der Waals surface area contributed by atoms with Crippen LogP contribution in [0, 0.1) is 6.07 Å². The molecule has 0 aliphatic heterocycles. The van der Waals surface area contributed by atoms with Crippen molar-refractivity contribution in [3.63, 3.8) is 0 Å². The van der Waals surface area contributed by atoms with Crippen molar-refractivity contribution in [1.82, 2.24) is 0 Å². The predicted octanol–water partition coefficient (Wildman–Crippen LogP) is 5.29. The van der Waals surface area contributed by atoms with Gasteiger partial charge in [0.15, 0.2) is 0 Å². The monoisotopic (exact) mass is 301 g/mol. The Kier molecular flexibility index (Phi) is 4.41. The van der Waals surface area contributed by atoms with Crippen LogP contribution in [0.15, 0.2) is 18.2 Å². The molecule has 0 heterocycles. The van der Waals surface area contributed by atoms with Gasteiger partial charge >= 0.3 is 18.0 Å². The quantitative estimate of drug-likeness (QED) is 0.665. The van der Waals surface area contributed by atoms with Gasteiger partial charge in [-0.2, -0.15) is 26.3 Å². The van der Waals surface area contributed by atoms with E-state index in [-0.39, 0.29) is 11.5 Å². The topological polar surface area (TPSA) is 0 Å². The molecule has 0 aliphatic rings. The van der Waals surface area contributed by atoms with Crippen LogP contribution in [0.5, 0.6) is 0 Å². The maximum atomic E-state index is 13.8. The van der Waals surface area contributed by atoms with Crippen molar-refractivity contribution < 1.29 is 30.7 Å². The van der Waals surface area contributed by atoms with Crippen LogP contribution in [0.4, 0.5) is 30.7 Å². The first-order chi connectivity index (χ1) is 8.95. The maximum absolute atomic E-state index is 13.8. The van der Waals surface area contributed by atoms with Crippen molar-refractivity contribution in [2.45, 2.75) is 44.2 Å². The summed E-state index contributed by atoms with van der Waals surface area (Å²) in [5.41, 5.74) is -6.73. The van der Waals surface area contributed by atoms with Gasteiger partial charge in [-0.15, -0.1) is 0 Å². The van der Waals surface area contributed by atoms with E-state index in [9.17, 15) is 30.7 Å². The molecule has 0 aliphatic carbocycles. The van der Waals surface area contributed by atoms with Crippen LogP contribution < -0.4 is 0 Å². The molecule has 0 spiro atoms. The summed E-state index contributed by atoms with van der Waals surface area (Å²) < 4.78 is 89.4. The Labute approximate surface area is 111 Å². The standard InChI is InChI=1S/C13H12F7/c1-3-8(2)9-5-4-6-10(7-9)11(14,12(15,16)17)13(18,19)20/h4,6-8H,3H2,1-2H3. The lowest BCUT2D eigenvalue weighted by Gasteiger charge is -2.30. The highest BCUT2D eigenvalue weighted by atomic mass is 19.4. The van der Waals surface area contributed by atoms with Crippen LogP contribution in [-0.2, 0) is 5.67 Å². The third-order valence-electron chi connectivity index (χ3n) is 3.15. The Morgan fingerprint density at radius 2 is 1.55 bits per heavy atom. The molecular formula is C13H12F7. The van der Waals surface area contributed by atoms with Crippen molar-refractivity contribution in [1.29, 1.82) is 0 Å². The van der Waals surface area contributed by atoms with E-state index >= 15 is 0 Å². The molecule has 1 rings (SSSR count). The number of rotatable bonds is 3. The molecule has 0 N–H and O–H groups in total. The number of hydrogen-bond donors (Lipinski definition) is 0. The van der Waals surface area contributed by atoms with Gasteiger partial charge in [-0.05, 0) is 24.0 Å². The highest BCUT2D eigenvalue weighted by molar-refractivity contribution is 5.32. The second-order valence-electron chi connectivity index (χ2n) is 4.50.